The lowest BCUT2D eigenvalue weighted by Crippen LogP contribution is -2.47. The van der Waals surface area contributed by atoms with Crippen LogP contribution >= 0.6 is 0 Å². The first kappa shape index (κ1) is 21.9. The van der Waals surface area contributed by atoms with Crippen molar-refractivity contribution in [3.8, 4) is 0 Å². The molecule has 2 aliphatic heterocycles. The third-order valence-corrected chi connectivity index (χ3v) is 4.89. The van der Waals surface area contributed by atoms with Crippen LogP contribution in [0, 0.1) is 0 Å². The summed E-state index contributed by atoms with van der Waals surface area (Å²) >= 11 is 0. The second kappa shape index (κ2) is 9.38. The van der Waals surface area contributed by atoms with E-state index in [1.54, 1.807) is 37.3 Å². The first-order valence-corrected chi connectivity index (χ1v) is 9.59. The number of hydrogen-bond acceptors (Lipinski definition) is 9. The Labute approximate surface area is 173 Å². The maximum absolute atomic E-state index is 12.4. The summed E-state index contributed by atoms with van der Waals surface area (Å²) in [5.41, 5.74) is 0.323. The number of carbonyl (C=O) groups excluding carboxylic acids is 3. The van der Waals surface area contributed by atoms with Crippen LogP contribution in [0.3, 0.4) is 0 Å². The number of aliphatic hydroxyl groups excluding tert-OH is 2. The van der Waals surface area contributed by atoms with Gasteiger partial charge >= 0.3 is 17.9 Å². The van der Waals surface area contributed by atoms with E-state index in [4.69, 9.17) is 18.9 Å². The van der Waals surface area contributed by atoms with Crippen LogP contribution in [0.1, 0.15) is 30.6 Å². The molecule has 7 atom stereocenters. The quantitative estimate of drug-likeness (QED) is 0.384. The summed E-state index contributed by atoms with van der Waals surface area (Å²) in [6.07, 6.45) is -4.18. The fourth-order valence-corrected chi connectivity index (χ4v) is 3.42. The van der Waals surface area contributed by atoms with Gasteiger partial charge in [0.1, 0.15) is 24.4 Å². The molecule has 30 heavy (non-hydrogen) atoms. The normalized spacial score (nSPS) is 30.3. The third kappa shape index (κ3) is 5.05. The Hall–Kier alpha value is -2.75. The van der Waals surface area contributed by atoms with Crippen molar-refractivity contribution < 1.29 is 43.5 Å². The molecule has 9 nitrogen and oxygen atoms in total. The van der Waals surface area contributed by atoms with Gasteiger partial charge in [-0.1, -0.05) is 24.3 Å². The van der Waals surface area contributed by atoms with Crippen molar-refractivity contribution >= 4 is 17.9 Å². The van der Waals surface area contributed by atoms with Crippen LogP contribution in [-0.4, -0.2) is 70.8 Å². The van der Waals surface area contributed by atoms with Gasteiger partial charge in [0.2, 0.25) is 0 Å². The number of aliphatic hydroxyl groups is 2. The minimum absolute atomic E-state index is 0.217. The monoisotopic (exact) mass is 420 g/mol. The smallest absolute Gasteiger partial charge is 0.338 e. The van der Waals surface area contributed by atoms with Gasteiger partial charge in [0.25, 0.3) is 0 Å². The van der Waals surface area contributed by atoms with Gasteiger partial charge in [0, 0.05) is 6.92 Å². The van der Waals surface area contributed by atoms with Gasteiger partial charge in [-0.3, -0.25) is 9.59 Å². The molecule has 0 aromatic heterocycles. The zero-order valence-corrected chi connectivity index (χ0v) is 16.5. The maximum atomic E-state index is 12.4. The van der Waals surface area contributed by atoms with Crippen molar-refractivity contribution in [2.75, 3.05) is 0 Å². The van der Waals surface area contributed by atoms with E-state index < -0.39 is 60.6 Å². The molecule has 0 unspecified atom stereocenters. The number of ether oxygens (including phenoxy) is 4. The molecule has 1 aromatic rings. The fourth-order valence-electron chi connectivity index (χ4n) is 3.42. The molecule has 9 heteroatoms. The molecule has 0 amide bonds. The molecule has 0 spiro atoms. The van der Waals surface area contributed by atoms with Crippen LogP contribution in [0.15, 0.2) is 42.5 Å². The minimum Gasteiger partial charge on any atom is -0.459 e. The molecule has 2 fully saturated rings. The second-order valence-electron chi connectivity index (χ2n) is 7.22. The van der Waals surface area contributed by atoms with E-state index >= 15 is 0 Å². The topological polar surface area (TPSA) is 129 Å². The Morgan fingerprint density at radius 1 is 1.17 bits per heavy atom. The van der Waals surface area contributed by atoms with Crippen molar-refractivity contribution in [3.63, 3.8) is 0 Å². The zero-order valence-electron chi connectivity index (χ0n) is 16.5. The molecular formula is C21H24O9. The van der Waals surface area contributed by atoms with Crippen molar-refractivity contribution in [1.82, 2.24) is 0 Å². The summed E-state index contributed by atoms with van der Waals surface area (Å²) in [6, 6.07) is 8.31. The Bertz CT molecular complexity index is 806. The first-order valence-electron chi connectivity index (χ1n) is 9.59. The van der Waals surface area contributed by atoms with E-state index in [2.05, 4.69) is 0 Å². The highest BCUT2D eigenvalue weighted by Gasteiger charge is 2.51. The Morgan fingerprint density at radius 2 is 1.87 bits per heavy atom. The van der Waals surface area contributed by atoms with E-state index in [1.807, 2.05) is 0 Å². The molecule has 2 saturated heterocycles. The molecule has 2 heterocycles. The molecule has 162 valence electrons. The molecule has 2 N–H and O–H groups in total. The molecule has 0 aliphatic carbocycles. The summed E-state index contributed by atoms with van der Waals surface area (Å²) in [6.45, 7) is 2.80. The lowest BCUT2D eigenvalue weighted by Gasteiger charge is -2.29. The van der Waals surface area contributed by atoms with Crippen LogP contribution in [0.2, 0.25) is 0 Å². The molecule has 0 saturated carbocycles. The number of esters is 3. The number of benzene rings is 1. The highest BCUT2D eigenvalue weighted by molar-refractivity contribution is 5.89. The van der Waals surface area contributed by atoms with E-state index in [0.29, 0.717) is 5.56 Å². The highest BCUT2D eigenvalue weighted by Crippen LogP contribution is 2.32. The van der Waals surface area contributed by atoms with Crippen molar-refractivity contribution in [1.29, 1.82) is 0 Å². The lowest BCUT2D eigenvalue weighted by atomic mass is 9.98. The number of fused-ring (bicyclic) bond motifs is 1. The van der Waals surface area contributed by atoms with E-state index in [9.17, 15) is 24.6 Å². The van der Waals surface area contributed by atoms with E-state index in [-0.39, 0.29) is 6.42 Å². The lowest BCUT2D eigenvalue weighted by molar-refractivity contribution is -0.175. The summed E-state index contributed by atoms with van der Waals surface area (Å²) in [4.78, 5) is 35.3. The molecule has 0 radical (unpaired) electrons. The first-order chi connectivity index (χ1) is 14.3. The molecule has 1 aromatic carbocycles. The number of carbonyl (C=O) groups is 3. The Morgan fingerprint density at radius 3 is 2.53 bits per heavy atom. The van der Waals surface area contributed by atoms with Crippen LogP contribution in [0.5, 0.6) is 0 Å². The van der Waals surface area contributed by atoms with Crippen LogP contribution in [-0.2, 0) is 28.5 Å². The van der Waals surface area contributed by atoms with Gasteiger partial charge in [0.15, 0.2) is 12.2 Å². The molecule has 2 aliphatic rings. The average molecular weight is 420 g/mol. The van der Waals surface area contributed by atoms with Crippen LogP contribution in [0.25, 0.3) is 0 Å². The third-order valence-electron chi connectivity index (χ3n) is 4.89. The van der Waals surface area contributed by atoms with Gasteiger partial charge in [-0.25, -0.2) is 4.79 Å². The maximum Gasteiger partial charge on any atom is 0.338 e. The van der Waals surface area contributed by atoms with Gasteiger partial charge in [-0.2, -0.15) is 0 Å². The van der Waals surface area contributed by atoms with Crippen LogP contribution in [0.4, 0.5) is 0 Å². The van der Waals surface area contributed by atoms with Gasteiger partial charge in [0.05, 0.1) is 18.1 Å². The van der Waals surface area contributed by atoms with Gasteiger partial charge in [-0.15, -0.1) is 0 Å². The predicted molar refractivity (Wildman–Crippen MR) is 101 cm³/mol. The standard InChI is InChI=1S/C21H24O9/c1-11(27-12(2)22)15(29-21(26)13-6-4-3-5-7-13)8-9-16-18(25)20-19(28-16)14(23)10-17(24)30-20/h3-9,11,14-16,18-20,23,25H,10H2,1-2H3/t11-,14-,15+,16+,18-,19-,20-/m1/s1. The minimum atomic E-state index is -1.21. The average Bonchev–Trinajstić information content (AvgIpc) is 3.01. The van der Waals surface area contributed by atoms with Gasteiger partial charge < -0.3 is 29.2 Å². The predicted octanol–water partition coefficient (Wildman–Crippen LogP) is 0.524. The molecule has 0 bridgehead atoms. The SMILES string of the molecule is CC(=O)O[C@H](C)[C@H](C=C[C@@H]1O[C@H]2[C@H](OC(=O)C[C@H]2O)[C@@H]1O)OC(=O)c1ccccc1. The molecular weight excluding hydrogens is 396 g/mol. The van der Waals surface area contributed by atoms with E-state index in [0.717, 1.165) is 0 Å². The summed E-state index contributed by atoms with van der Waals surface area (Å²) in [5, 5.41) is 20.4. The number of hydrogen-bond donors (Lipinski definition) is 2. The second-order valence-corrected chi connectivity index (χ2v) is 7.22. The fraction of sp³-hybridized carbons (Fsp3) is 0.476. The molecule has 3 rings (SSSR count). The number of rotatable bonds is 6. The van der Waals surface area contributed by atoms with Crippen LogP contribution < -0.4 is 0 Å². The largest absolute Gasteiger partial charge is 0.459 e. The summed E-state index contributed by atoms with van der Waals surface area (Å²) in [5.74, 6) is -1.78. The van der Waals surface area contributed by atoms with Gasteiger partial charge in [-0.05, 0) is 25.1 Å². The summed E-state index contributed by atoms with van der Waals surface area (Å²) in [7, 11) is 0. The highest BCUT2D eigenvalue weighted by atomic mass is 16.6. The van der Waals surface area contributed by atoms with E-state index in [1.165, 1.54) is 19.1 Å². The Kier molecular flexibility index (Phi) is 6.86. The summed E-state index contributed by atoms with van der Waals surface area (Å²) < 4.78 is 21.3. The zero-order chi connectivity index (χ0) is 21.8. The van der Waals surface area contributed by atoms with Crippen molar-refractivity contribution in [3.05, 3.63) is 48.0 Å². The van der Waals surface area contributed by atoms with Crippen molar-refractivity contribution in [2.45, 2.75) is 63.0 Å². The Balaban J connectivity index is 1.73. The van der Waals surface area contributed by atoms with Crippen molar-refractivity contribution in [2.24, 2.45) is 0 Å².